The zero-order valence-corrected chi connectivity index (χ0v) is 8.96. The molecule has 0 saturated carbocycles. The van der Waals surface area contributed by atoms with E-state index < -0.39 is 12.1 Å². The number of carbonyl (C=O) groups is 1. The van der Waals surface area contributed by atoms with Crippen LogP contribution in [0.25, 0.3) is 0 Å². The summed E-state index contributed by atoms with van der Waals surface area (Å²) >= 11 is 0. The molecule has 0 saturated heterocycles. The van der Waals surface area contributed by atoms with Crippen LogP contribution in [-0.2, 0) is 9.53 Å². The Bertz CT molecular complexity index is 158. The highest BCUT2D eigenvalue weighted by molar-refractivity contribution is 5.74. The van der Waals surface area contributed by atoms with E-state index in [9.17, 15) is 9.90 Å². The number of ether oxygens (including phenoxy) is 1. The van der Waals surface area contributed by atoms with Gasteiger partial charge < -0.3 is 9.84 Å². The van der Waals surface area contributed by atoms with Crippen molar-refractivity contribution in [2.75, 3.05) is 6.61 Å². The van der Waals surface area contributed by atoms with Crippen LogP contribution in [0.15, 0.2) is 0 Å². The Balaban J connectivity index is 3.74. The van der Waals surface area contributed by atoms with Crippen molar-refractivity contribution < 1.29 is 14.6 Å². The predicted molar refractivity (Wildman–Crippen MR) is 51.3 cm³/mol. The summed E-state index contributed by atoms with van der Waals surface area (Å²) in [5, 5.41) is 9.34. The zero-order chi connectivity index (χ0) is 10.5. The number of hydrogen-bond donors (Lipinski definition) is 1. The van der Waals surface area contributed by atoms with Crippen molar-refractivity contribution in [1.29, 1.82) is 0 Å². The van der Waals surface area contributed by atoms with Crippen molar-refractivity contribution in [1.82, 2.24) is 0 Å². The summed E-state index contributed by atoms with van der Waals surface area (Å²) in [5.74, 6) is -0.508. The number of aliphatic hydroxyl groups excluding tert-OH is 1. The Kier molecular flexibility index (Phi) is 4.99. The number of esters is 1. The summed E-state index contributed by atoms with van der Waals surface area (Å²) in [4.78, 5) is 11.0. The topological polar surface area (TPSA) is 46.5 Å². The smallest absolute Gasteiger partial charge is 0.334 e. The number of carbonyl (C=O) groups excluding carboxylic acids is 1. The normalized spacial score (nSPS) is 13.9. The van der Waals surface area contributed by atoms with E-state index in [1.807, 2.05) is 0 Å². The van der Waals surface area contributed by atoms with Crippen LogP contribution in [0.5, 0.6) is 0 Å². The fraction of sp³-hybridized carbons (Fsp3) is 0.900. The van der Waals surface area contributed by atoms with Gasteiger partial charge in [0.1, 0.15) is 0 Å². The molecule has 0 amide bonds. The first kappa shape index (κ1) is 12.4. The minimum absolute atomic E-state index is 0.146. The summed E-state index contributed by atoms with van der Waals surface area (Å²) in [6, 6.07) is 0. The highest BCUT2D eigenvalue weighted by Gasteiger charge is 2.19. The summed E-state index contributed by atoms with van der Waals surface area (Å²) < 4.78 is 4.68. The average molecular weight is 188 g/mol. The van der Waals surface area contributed by atoms with Gasteiger partial charge in [-0.1, -0.05) is 20.8 Å². The fourth-order valence-electron chi connectivity index (χ4n) is 0.926. The molecular formula is C10H20O3. The van der Waals surface area contributed by atoms with Crippen LogP contribution in [0.3, 0.4) is 0 Å². The van der Waals surface area contributed by atoms with Gasteiger partial charge in [0, 0.05) is 0 Å². The van der Waals surface area contributed by atoms with E-state index in [0.29, 0.717) is 13.0 Å². The first-order valence-electron chi connectivity index (χ1n) is 4.71. The lowest BCUT2D eigenvalue weighted by atomic mass is 9.89. The maximum Gasteiger partial charge on any atom is 0.334 e. The van der Waals surface area contributed by atoms with Gasteiger partial charge in [-0.25, -0.2) is 4.79 Å². The maximum atomic E-state index is 11.0. The molecule has 1 unspecified atom stereocenters. The second kappa shape index (κ2) is 5.22. The minimum Gasteiger partial charge on any atom is -0.464 e. The predicted octanol–water partition coefficient (Wildman–Crippen LogP) is 1.74. The van der Waals surface area contributed by atoms with Gasteiger partial charge in [0.05, 0.1) is 6.61 Å². The molecule has 3 nitrogen and oxygen atoms in total. The Hall–Kier alpha value is -0.570. The van der Waals surface area contributed by atoms with Gasteiger partial charge in [0.15, 0.2) is 6.10 Å². The van der Waals surface area contributed by atoms with Gasteiger partial charge in [-0.3, -0.25) is 0 Å². The molecule has 0 spiro atoms. The van der Waals surface area contributed by atoms with Crippen LogP contribution in [0.2, 0.25) is 0 Å². The van der Waals surface area contributed by atoms with Gasteiger partial charge in [0.2, 0.25) is 0 Å². The lowest BCUT2D eigenvalue weighted by molar-refractivity contribution is -0.153. The molecule has 1 N–H and O–H groups in total. The second-order valence-electron chi connectivity index (χ2n) is 4.37. The number of hydrogen-bond acceptors (Lipinski definition) is 3. The first-order chi connectivity index (χ1) is 5.87. The number of rotatable bonds is 4. The number of aliphatic hydroxyl groups is 1. The van der Waals surface area contributed by atoms with Crippen molar-refractivity contribution in [2.45, 2.75) is 46.6 Å². The fourth-order valence-corrected chi connectivity index (χ4v) is 0.926. The molecule has 0 aliphatic heterocycles. The third kappa shape index (κ3) is 6.58. The molecule has 3 heteroatoms. The van der Waals surface area contributed by atoms with E-state index in [2.05, 4.69) is 25.5 Å². The summed E-state index contributed by atoms with van der Waals surface area (Å²) in [6.45, 7) is 8.28. The van der Waals surface area contributed by atoms with E-state index in [0.717, 1.165) is 6.42 Å². The average Bonchev–Trinajstić information content (AvgIpc) is 1.99. The summed E-state index contributed by atoms with van der Waals surface area (Å²) in [7, 11) is 0. The largest absolute Gasteiger partial charge is 0.464 e. The van der Waals surface area contributed by atoms with Crippen LogP contribution in [0, 0.1) is 5.41 Å². The van der Waals surface area contributed by atoms with E-state index in [1.54, 1.807) is 6.92 Å². The highest BCUT2D eigenvalue weighted by Crippen LogP contribution is 2.21. The molecule has 0 fully saturated rings. The highest BCUT2D eigenvalue weighted by atomic mass is 16.5. The van der Waals surface area contributed by atoms with Crippen LogP contribution in [0.4, 0.5) is 0 Å². The SMILES string of the molecule is CCOC(=O)C(O)CCC(C)(C)C. The van der Waals surface area contributed by atoms with Crippen LogP contribution < -0.4 is 0 Å². The molecule has 0 aromatic carbocycles. The molecule has 0 aromatic heterocycles. The molecule has 78 valence electrons. The van der Waals surface area contributed by atoms with Crippen molar-refractivity contribution in [2.24, 2.45) is 5.41 Å². The molecule has 0 aromatic rings. The molecule has 0 bridgehead atoms. The first-order valence-corrected chi connectivity index (χ1v) is 4.71. The van der Waals surface area contributed by atoms with Crippen molar-refractivity contribution >= 4 is 5.97 Å². The molecule has 0 aliphatic carbocycles. The van der Waals surface area contributed by atoms with Gasteiger partial charge in [-0.05, 0) is 25.2 Å². The van der Waals surface area contributed by atoms with Crippen LogP contribution >= 0.6 is 0 Å². The molecule has 0 heterocycles. The molecule has 13 heavy (non-hydrogen) atoms. The minimum atomic E-state index is -0.959. The Morgan fingerprint density at radius 1 is 1.46 bits per heavy atom. The second-order valence-corrected chi connectivity index (χ2v) is 4.37. The van der Waals surface area contributed by atoms with Gasteiger partial charge >= 0.3 is 5.97 Å². The molecule has 0 aliphatic rings. The third-order valence-corrected chi connectivity index (χ3v) is 1.73. The van der Waals surface area contributed by atoms with Gasteiger partial charge in [-0.2, -0.15) is 0 Å². The molecule has 1 atom stereocenters. The summed E-state index contributed by atoms with van der Waals surface area (Å²) in [5.41, 5.74) is 0.146. The van der Waals surface area contributed by atoms with Gasteiger partial charge in [0.25, 0.3) is 0 Å². The zero-order valence-electron chi connectivity index (χ0n) is 8.96. The quantitative estimate of drug-likeness (QED) is 0.683. The monoisotopic (exact) mass is 188 g/mol. The molecule has 0 rings (SSSR count). The third-order valence-electron chi connectivity index (χ3n) is 1.73. The van der Waals surface area contributed by atoms with E-state index in [-0.39, 0.29) is 5.41 Å². The van der Waals surface area contributed by atoms with E-state index >= 15 is 0 Å². The molecule has 0 radical (unpaired) electrons. The van der Waals surface area contributed by atoms with E-state index in [4.69, 9.17) is 0 Å². The standard InChI is InChI=1S/C10H20O3/c1-5-13-9(12)8(11)6-7-10(2,3)4/h8,11H,5-7H2,1-4H3. The van der Waals surface area contributed by atoms with Crippen molar-refractivity contribution in [3.05, 3.63) is 0 Å². The van der Waals surface area contributed by atoms with Crippen molar-refractivity contribution in [3.63, 3.8) is 0 Å². The molecular weight excluding hydrogens is 168 g/mol. The Morgan fingerprint density at radius 2 is 2.00 bits per heavy atom. The Labute approximate surface area is 80.1 Å². The Morgan fingerprint density at radius 3 is 2.38 bits per heavy atom. The lowest BCUT2D eigenvalue weighted by Gasteiger charge is -2.19. The van der Waals surface area contributed by atoms with Crippen molar-refractivity contribution in [3.8, 4) is 0 Å². The maximum absolute atomic E-state index is 11.0. The lowest BCUT2D eigenvalue weighted by Crippen LogP contribution is -2.24. The summed E-state index contributed by atoms with van der Waals surface area (Å²) in [6.07, 6.45) is 0.328. The van der Waals surface area contributed by atoms with Crippen LogP contribution in [0.1, 0.15) is 40.5 Å². The van der Waals surface area contributed by atoms with Crippen LogP contribution in [-0.4, -0.2) is 23.8 Å². The van der Waals surface area contributed by atoms with E-state index in [1.165, 1.54) is 0 Å². The van der Waals surface area contributed by atoms with Gasteiger partial charge in [-0.15, -0.1) is 0 Å².